The fraction of sp³-hybridized carbons (Fsp3) is 1.00. The summed E-state index contributed by atoms with van der Waals surface area (Å²) in [6.07, 6.45) is 1.25. The molecule has 0 aromatic rings. The quantitative estimate of drug-likeness (QED) is 0.546. The van der Waals surface area contributed by atoms with Crippen LogP contribution in [-0.4, -0.2) is 17.5 Å². The van der Waals surface area contributed by atoms with Crippen LogP contribution in [0.25, 0.3) is 0 Å². The van der Waals surface area contributed by atoms with Crippen molar-refractivity contribution in [1.82, 2.24) is 0 Å². The molecular weight excluding hydrogens is 156 g/mol. The molecule has 0 radical (unpaired) electrons. The first kappa shape index (κ1) is 16.5. The second-order valence-electron chi connectivity index (χ2n) is 1.15. The molecule has 0 aliphatic heterocycles. The van der Waals surface area contributed by atoms with E-state index in [1.165, 1.54) is 6.42 Å². The van der Waals surface area contributed by atoms with Crippen LogP contribution < -0.4 is 0 Å². The van der Waals surface area contributed by atoms with Crippen LogP contribution in [0.3, 0.4) is 0 Å². The smallest absolute Gasteiger partial charge is 0.264 e. The molecule has 0 rings (SSSR count). The Balaban J connectivity index is -0.0000000847. The number of rotatable bonds is 0. The van der Waals surface area contributed by atoms with Crippen molar-refractivity contribution in [2.45, 2.75) is 34.1 Å². The van der Waals surface area contributed by atoms with Gasteiger partial charge in [-0.1, -0.05) is 34.1 Å². The van der Waals surface area contributed by atoms with Gasteiger partial charge in [0.2, 0.25) is 0 Å². The predicted molar refractivity (Wildman–Crippen MR) is 41.5 cm³/mol. The van der Waals surface area contributed by atoms with E-state index in [1.807, 2.05) is 13.8 Å². The van der Waals surface area contributed by atoms with E-state index >= 15 is 0 Å². The molecule has 0 fully saturated rings. The van der Waals surface area contributed by atoms with E-state index < -0.39 is 10.4 Å². The second-order valence-corrected chi connectivity index (χ2v) is 2.05. The molecule has 4 nitrogen and oxygen atoms in total. The van der Waals surface area contributed by atoms with Crippen molar-refractivity contribution in [3.63, 3.8) is 0 Å². The van der Waals surface area contributed by atoms with E-state index in [9.17, 15) is 0 Å². The van der Waals surface area contributed by atoms with Crippen molar-refractivity contribution in [1.29, 1.82) is 0 Å². The summed E-state index contributed by atoms with van der Waals surface area (Å²) >= 11 is 0. The maximum absolute atomic E-state index is 8.74. The van der Waals surface area contributed by atoms with Crippen molar-refractivity contribution in [2.75, 3.05) is 0 Å². The Morgan fingerprint density at radius 2 is 1.10 bits per heavy atom. The van der Waals surface area contributed by atoms with Gasteiger partial charge in [-0.2, -0.15) is 8.42 Å². The Bertz CT molecular complexity index is 108. The first-order valence-electron chi connectivity index (χ1n) is 3.11. The highest BCUT2D eigenvalue weighted by Gasteiger charge is 1.84. The third-order valence-electron chi connectivity index (χ3n) is 0. The molecule has 0 aliphatic rings. The summed E-state index contributed by atoms with van der Waals surface area (Å²) in [5.74, 6) is 0. The van der Waals surface area contributed by atoms with E-state index in [-0.39, 0.29) is 0 Å². The lowest BCUT2D eigenvalue weighted by Gasteiger charge is -1.68. The van der Waals surface area contributed by atoms with Crippen LogP contribution in [0.15, 0.2) is 0 Å². The van der Waals surface area contributed by atoms with Gasteiger partial charge in [0, 0.05) is 0 Å². The highest BCUT2D eigenvalue weighted by Crippen LogP contribution is 1.59. The third-order valence-corrected chi connectivity index (χ3v) is 0. The van der Waals surface area contributed by atoms with E-state index in [0.717, 1.165) is 0 Å². The zero-order valence-electron chi connectivity index (χ0n) is 6.83. The Hall–Kier alpha value is -0.130. The molecule has 0 amide bonds. The average molecular weight is 172 g/mol. The zero-order chi connectivity index (χ0) is 9.21. The van der Waals surface area contributed by atoms with Gasteiger partial charge >= 0.3 is 10.4 Å². The van der Waals surface area contributed by atoms with Gasteiger partial charge in [-0.3, -0.25) is 9.11 Å². The van der Waals surface area contributed by atoms with Crippen LogP contribution in [0.1, 0.15) is 34.1 Å². The Morgan fingerprint density at radius 3 is 1.10 bits per heavy atom. The molecule has 0 aromatic heterocycles. The maximum Gasteiger partial charge on any atom is 0.394 e. The van der Waals surface area contributed by atoms with Crippen LogP contribution in [0.5, 0.6) is 0 Å². The highest BCUT2D eigenvalue weighted by molar-refractivity contribution is 7.79. The van der Waals surface area contributed by atoms with Gasteiger partial charge in [0.25, 0.3) is 0 Å². The molecule has 66 valence electrons. The lowest BCUT2D eigenvalue weighted by atomic mass is 10.6. The van der Waals surface area contributed by atoms with Crippen LogP contribution in [0.2, 0.25) is 0 Å². The molecule has 0 unspecified atom stereocenters. The fourth-order valence-electron chi connectivity index (χ4n) is 0. The summed E-state index contributed by atoms with van der Waals surface area (Å²) in [5.41, 5.74) is 0. The monoisotopic (exact) mass is 172 g/mol. The van der Waals surface area contributed by atoms with Gasteiger partial charge in [-0.15, -0.1) is 0 Å². The molecule has 0 aromatic carbocycles. The summed E-state index contributed by atoms with van der Waals surface area (Å²) in [5, 5.41) is 0. The van der Waals surface area contributed by atoms with Crippen molar-refractivity contribution >= 4 is 10.4 Å². The SMILES string of the molecule is CC.CCC.O=S(=O)(O)O. The second kappa shape index (κ2) is 11.6. The Kier molecular flexibility index (Phi) is 19.2. The highest BCUT2D eigenvalue weighted by atomic mass is 32.3. The molecule has 10 heavy (non-hydrogen) atoms. The minimum Gasteiger partial charge on any atom is -0.264 e. The lowest BCUT2D eigenvalue weighted by molar-refractivity contribution is 0.381. The largest absolute Gasteiger partial charge is 0.394 e. The lowest BCUT2D eigenvalue weighted by Crippen LogP contribution is -1.89. The van der Waals surface area contributed by atoms with Crippen LogP contribution >= 0.6 is 0 Å². The van der Waals surface area contributed by atoms with Crippen LogP contribution in [0.4, 0.5) is 0 Å². The topological polar surface area (TPSA) is 74.6 Å². The minimum absolute atomic E-state index is 1.25. The molecule has 5 heteroatoms. The first-order chi connectivity index (χ1) is 4.41. The van der Waals surface area contributed by atoms with Crippen molar-refractivity contribution in [3.05, 3.63) is 0 Å². The molecule has 0 aliphatic carbocycles. The Morgan fingerprint density at radius 1 is 1.10 bits per heavy atom. The molecule has 0 bridgehead atoms. The van der Waals surface area contributed by atoms with Gasteiger partial charge in [0.1, 0.15) is 0 Å². The summed E-state index contributed by atoms with van der Waals surface area (Å²) in [4.78, 5) is 0. The normalized spacial score (nSPS) is 8.20. The van der Waals surface area contributed by atoms with E-state index in [2.05, 4.69) is 13.8 Å². The van der Waals surface area contributed by atoms with Crippen molar-refractivity contribution < 1.29 is 17.5 Å². The number of hydrogen-bond donors (Lipinski definition) is 2. The van der Waals surface area contributed by atoms with E-state index in [1.54, 1.807) is 0 Å². The molecule has 0 atom stereocenters. The summed E-state index contributed by atoms with van der Waals surface area (Å²) in [6, 6.07) is 0. The average Bonchev–Trinajstić information content (AvgIpc) is 1.68. The van der Waals surface area contributed by atoms with E-state index in [4.69, 9.17) is 17.5 Å². The Labute approximate surface area is 62.8 Å². The standard InChI is InChI=1S/C3H8.C2H6.H2O4S/c1-3-2;1-2;1-5(2,3)4/h3H2,1-2H3;1-2H3;(H2,1,2,3,4). The molecule has 2 N–H and O–H groups in total. The molecule has 0 saturated carbocycles. The van der Waals surface area contributed by atoms with Gasteiger partial charge in [-0.05, 0) is 0 Å². The summed E-state index contributed by atoms with van der Waals surface area (Å²) < 4.78 is 31.6. The first-order valence-corrected chi connectivity index (χ1v) is 4.51. The molecule has 0 heterocycles. The summed E-state index contributed by atoms with van der Waals surface area (Å²) in [7, 11) is -4.67. The van der Waals surface area contributed by atoms with E-state index in [0.29, 0.717) is 0 Å². The predicted octanol–water partition coefficient (Wildman–Crippen LogP) is 1.79. The van der Waals surface area contributed by atoms with Gasteiger partial charge in [-0.25, -0.2) is 0 Å². The maximum atomic E-state index is 8.74. The molecular formula is C5H16O4S. The van der Waals surface area contributed by atoms with Gasteiger partial charge in [0.05, 0.1) is 0 Å². The minimum atomic E-state index is -4.67. The summed E-state index contributed by atoms with van der Waals surface area (Å²) in [6.45, 7) is 8.25. The third kappa shape index (κ3) is 22000. The van der Waals surface area contributed by atoms with Gasteiger partial charge in [0.15, 0.2) is 0 Å². The van der Waals surface area contributed by atoms with Crippen LogP contribution in [-0.2, 0) is 10.4 Å². The van der Waals surface area contributed by atoms with Crippen molar-refractivity contribution in [3.8, 4) is 0 Å². The van der Waals surface area contributed by atoms with Crippen molar-refractivity contribution in [2.24, 2.45) is 0 Å². The van der Waals surface area contributed by atoms with Crippen LogP contribution in [0, 0.1) is 0 Å². The van der Waals surface area contributed by atoms with Gasteiger partial charge < -0.3 is 0 Å². The number of hydrogen-bond acceptors (Lipinski definition) is 2. The molecule has 0 spiro atoms. The zero-order valence-corrected chi connectivity index (χ0v) is 7.64. The molecule has 0 saturated heterocycles. The fourth-order valence-corrected chi connectivity index (χ4v) is 0.